The standard InChI is InChI=1S/C19H28N2O2/c1-3-4-5-18(22)20-12-14-21(15-13-20)19(23)11-10-17-8-6-16(2)7-9-17/h6-9H,3-5,10-15H2,1-2H3. The van der Waals surface area contributed by atoms with Gasteiger partial charge in [-0.25, -0.2) is 0 Å². The van der Waals surface area contributed by atoms with Gasteiger partial charge in [-0.1, -0.05) is 43.2 Å². The van der Waals surface area contributed by atoms with Gasteiger partial charge < -0.3 is 9.80 Å². The first-order valence-electron chi connectivity index (χ1n) is 8.71. The summed E-state index contributed by atoms with van der Waals surface area (Å²) >= 11 is 0. The molecule has 1 saturated heterocycles. The van der Waals surface area contributed by atoms with Crippen LogP contribution in [0.4, 0.5) is 0 Å². The fourth-order valence-corrected chi connectivity index (χ4v) is 2.86. The Balaban J connectivity index is 1.73. The Kier molecular flexibility index (Phi) is 6.63. The van der Waals surface area contributed by atoms with Gasteiger partial charge >= 0.3 is 0 Å². The summed E-state index contributed by atoms with van der Waals surface area (Å²) in [5.74, 6) is 0.435. The van der Waals surface area contributed by atoms with Crippen molar-refractivity contribution in [1.29, 1.82) is 0 Å². The van der Waals surface area contributed by atoms with Crippen LogP contribution in [0, 0.1) is 6.92 Å². The number of piperazine rings is 1. The van der Waals surface area contributed by atoms with Crippen LogP contribution in [0.15, 0.2) is 24.3 Å². The number of aryl methyl sites for hydroxylation is 2. The lowest BCUT2D eigenvalue weighted by Crippen LogP contribution is -2.50. The smallest absolute Gasteiger partial charge is 0.223 e. The maximum atomic E-state index is 12.3. The molecular weight excluding hydrogens is 288 g/mol. The summed E-state index contributed by atoms with van der Waals surface area (Å²) in [6, 6.07) is 8.35. The second kappa shape index (κ2) is 8.70. The summed E-state index contributed by atoms with van der Waals surface area (Å²) in [5, 5.41) is 0. The molecule has 126 valence electrons. The Morgan fingerprint density at radius 1 is 0.913 bits per heavy atom. The topological polar surface area (TPSA) is 40.6 Å². The van der Waals surface area contributed by atoms with Crippen LogP contribution in [-0.4, -0.2) is 47.8 Å². The van der Waals surface area contributed by atoms with Gasteiger partial charge in [0.2, 0.25) is 11.8 Å². The second-order valence-corrected chi connectivity index (χ2v) is 6.35. The quantitative estimate of drug-likeness (QED) is 0.810. The molecule has 0 atom stereocenters. The van der Waals surface area contributed by atoms with Crippen LogP contribution in [0.25, 0.3) is 0 Å². The largest absolute Gasteiger partial charge is 0.339 e. The molecule has 1 aromatic rings. The minimum absolute atomic E-state index is 0.200. The Morgan fingerprint density at radius 3 is 1.96 bits per heavy atom. The average Bonchev–Trinajstić information content (AvgIpc) is 2.59. The van der Waals surface area contributed by atoms with E-state index in [4.69, 9.17) is 0 Å². The van der Waals surface area contributed by atoms with Crippen molar-refractivity contribution in [2.24, 2.45) is 0 Å². The SMILES string of the molecule is CCCCC(=O)N1CCN(C(=O)CCc2ccc(C)cc2)CC1. The van der Waals surface area contributed by atoms with Gasteiger partial charge in [-0.05, 0) is 25.3 Å². The van der Waals surface area contributed by atoms with E-state index in [9.17, 15) is 9.59 Å². The molecule has 4 heteroatoms. The molecule has 0 bridgehead atoms. The van der Waals surface area contributed by atoms with Crippen LogP contribution in [0.1, 0.15) is 43.7 Å². The lowest BCUT2D eigenvalue weighted by molar-refractivity contribution is -0.139. The summed E-state index contributed by atoms with van der Waals surface area (Å²) in [7, 11) is 0. The maximum absolute atomic E-state index is 12.3. The highest BCUT2D eigenvalue weighted by Crippen LogP contribution is 2.10. The van der Waals surface area contributed by atoms with E-state index in [1.54, 1.807) is 0 Å². The predicted octanol–water partition coefficient (Wildman–Crippen LogP) is 2.79. The van der Waals surface area contributed by atoms with Crippen LogP contribution in [0.3, 0.4) is 0 Å². The molecule has 0 aliphatic carbocycles. The third-order valence-electron chi connectivity index (χ3n) is 4.48. The van der Waals surface area contributed by atoms with Crippen LogP contribution in [0.5, 0.6) is 0 Å². The van der Waals surface area contributed by atoms with Gasteiger partial charge in [0.25, 0.3) is 0 Å². The molecule has 2 amide bonds. The first kappa shape index (κ1) is 17.5. The van der Waals surface area contributed by atoms with Crippen LogP contribution in [0.2, 0.25) is 0 Å². The molecule has 0 unspecified atom stereocenters. The number of nitrogens with zero attached hydrogens (tertiary/aromatic N) is 2. The van der Waals surface area contributed by atoms with Crippen molar-refractivity contribution < 1.29 is 9.59 Å². The summed E-state index contributed by atoms with van der Waals surface area (Å²) < 4.78 is 0. The molecule has 23 heavy (non-hydrogen) atoms. The van der Waals surface area contributed by atoms with Gasteiger partial charge in [0.05, 0.1) is 0 Å². The summed E-state index contributed by atoms with van der Waals surface area (Å²) in [5.41, 5.74) is 2.45. The van der Waals surface area contributed by atoms with E-state index < -0.39 is 0 Å². The minimum atomic E-state index is 0.200. The number of hydrogen-bond acceptors (Lipinski definition) is 2. The average molecular weight is 316 g/mol. The maximum Gasteiger partial charge on any atom is 0.223 e. The zero-order valence-electron chi connectivity index (χ0n) is 14.4. The van der Waals surface area contributed by atoms with E-state index in [0.717, 1.165) is 19.3 Å². The Labute approximate surface area is 139 Å². The minimum Gasteiger partial charge on any atom is -0.339 e. The number of carbonyl (C=O) groups excluding carboxylic acids is 2. The fourth-order valence-electron chi connectivity index (χ4n) is 2.86. The van der Waals surface area contributed by atoms with Crippen LogP contribution in [-0.2, 0) is 16.0 Å². The van der Waals surface area contributed by atoms with E-state index in [-0.39, 0.29) is 11.8 Å². The van der Waals surface area contributed by atoms with Crippen molar-refractivity contribution in [1.82, 2.24) is 9.80 Å². The molecule has 0 N–H and O–H groups in total. The number of carbonyl (C=O) groups is 2. The molecule has 1 fully saturated rings. The molecule has 1 aliphatic heterocycles. The first-order valence-corrected chi connectivity index (χ1v) is 8.71. The van der Waals surface area contributed by atoms with Gasteiger partial charge in [0.1, 0.15) is 0 Å². The van der Waals surface area contributed by atoms with E-state index in [2.05, 4.69) is 38.1 Å². The van der Waals surface area contributed by atoms with E-state index >= 15 is 0 Å². The zero-order valence-corrected chi connectivity index (χ0v) is 14.4. The number of hydrogen-bond donors (Lipinski definition) is 0. The van der Waals surface area contributed by atoms with Crippen molar-refractivity contribution in [2.75, 3.05) is 26.2 Å². The molecule has 0 saturated carbocycles. The highest BCUT2D eigenvalue weighted by Gasteiger charge is 2.23. The van der Waals surface area contributed by atoms with Gasteiger partial charge in [-0.3, -0.25) is 9.59 Å². The van der Waals surface area contributed by atoms with Gasteiger partial charge in [0.15, 0.2) is 0 Å². The second-order valence-electron chi connectivity index (χ2n) is 6.35. The molecule has 0 spiro atoms. The summed E-state index contributed by atoms with van der Waals surface area (Å²) in [6.45, 7) is 6.86. The predicted molar refractivity (Wildman–Crippen MR) is 92.2 cm³/mol. The van der Waals surface area contributed by atoms with E-state index in [1.807, 2.05) is 9.80 Å². The van der Waals surface area contributed by atoms with Crippen LogP contribution < -0.4 is 0 Å². The summed E-state index contributed by atoms with van der Waals surface area (Å²) in [4.78, 5) is 28.1. The van der Waals surface area contributed by atoms with Crippen LogP contribution >= 0.6 is 0 Å². The fraction of sp³-hybridized carbons (Fsp3) is 0.579. The van der Waals surface area contributed by atoms with Crippen molar-refractivity contribution in [2.45, 2.75) is 46.0 Å². The summed E-state index contributed by atoms with van der Waals surface area (Å²) in [6.07, 6.45) is 3.97. The Bertz CT molecular complexity index is 517. The zero-order chi connectivity index (χ0) is 16.7. The highest BCUT2D eigenvalue weighted by atomic mass is 16.2. The van der Waals surface area contributed by atoms with Crippen molar-refractivity contribution in [3.05, 3.63) is 35.4 Å². The Hall–Kier alpha value is -1.84. The van der Waals surface area contributed by atoms with Crippen molar-refractivity contribution >= 4 is 11.8 Å². The molecule has 0 radical (unpaired) electrons. The number of rotatable bonds is 6. The highest BCUT2D eigenvalue weighted by molar-refractivity contribution is 5.78. The van der Waals surface area contributed by atoms with Gasteiger partial charge in [-0.15, -0.1) is 0 Å². The molecule has 1 heterocycles. The lowest BCUT2D eigenvalue weighted by Gasteiger charge is -2.35. The molecule has 1 aliphatic rings. The number of unbranched alkanes of at least 4 members (excludes halogenated alkanes) is 1. The molecule has 0 aromatic heterocycles. The monoisotopic (exact) mass is 316 g/mol. The third kappa shape index (κ3) is 5.38. The van der Waals surface area contributed by atoms with Gasteiger partial charge in [0, 0.05) is 39.0 Å². The molecule has 2 rings (SSSR count). The lowest BCUT2D eigenvalue weighted by atomic mass is 10.1. The Morgan fingerprint density at radius 2 is 1.43 bits per heavy atom. The number of benzene rings is 1. The van der Waals surface area contributed by atoms with Crippen molar-refractivity contribution in [3.63, 3.8) is 0 Å². The van der Waals surface area contributed by atoms with Gasteiger partial charge in [-0.2, -0.15) is 0 Å². The molecule has 1 aromatic carbocycles. The number of amides is 2. The van der Waals surface area contributed by atoms with E-state index in [0.29, 0.717) is 39.0 Å². The third-order valence-corrected chi connectivity index (χ3v) is 4.48. The van der Waals surface area contributed by atoms with E-state index in [1.165, 1.54) is 11.1 Å². The van der Waals surface area contributed by atoms with Crippen molar-refractivity contribution in [3.8, 4) is 0 Å². The molecule has 4 nitrogen and oxygen atoms in total. The normalized spacial score (nSPS) is 14.9. The molecular formula is C19H28N2O2. The first-order chi connectivity index (χ1) is 11.1.